The fourth-order valence-electron chi connectivity index (χ4n) is 2.51. The van der Waals surface area contributed by atoms with Crippen LogP contribution in [0.25, 0.3) is 12.2 Å². The number of nitrogens with one attached hydrogen (secondary N) is 1. The minimum atomic E-state index is -0.221. The molecule has 3 rings (SSSR count). The lowest BCUT2D eigenvalue weighted by atomic mass is 10.1. The predicted octanol–water partition coefficient (Wildman–Crippen LogP) is 4.57. The lowest BCUT2D eigenvalue weighted by Gasteiger charge is -2.12. The van der Waals surface area contributed by atoms with Gasteiger partial charge in [0, 0.05) is 31.7 Å². The number of rotatable bonds is 5. The standard InChI is InChI=1S/C22H21N3O/c1-25(2)19-14-11-17(12-15-19)10-13-18-7-3-4-8-20(18)24-22(26)21-9-5-6-16-23-21/h3-16H,1-2H3,(H,24,26)/b13-10+. The molecule has 0 spiro atoms. The van der Waals surface area contributed by atoms with Crippen molar-refractivity contribution >= 4 is 29.4 Å². The lowest BCUT2D eigenvalue weighted by Crippen LogP contribution is -2.14. The third kappa shape index (κ3) is 4.36. The number of aromatic nitrogens is 1. The first-order valence-corrected chi connectivity index (χ1v) is 8.40. The number of pyridine rings is 1. The van der Waals surface area contributed by atoms with E-state index in [-0.39, 0.29) is 5.91 Å². The lowest BCUT2D eigenvalue weighted by molar-refractivity contribution is 0.102. The molecule has 2 aromatic carbocycles. The van der Waals surface area contributed by atoms with Crippen molar-refractivity contribution in [3.63, 3.8) is 0 Å². The van der Waals surface area contributed by atoms with E-state index in [1.54, 1.807) is 24.4 Å². The molecule has 0 bridgehead atoms. The zero-order chi connectivity index (χ0) is 18.4. The van der Waals surface area contributed by atoms with E-state index in [1.807, 2.05) is 50.5 Å². The van der Waals surface area contributed by atoms with Crippen molar-refractivity contribution < 1.29 is 4.79 Å². The van der Waals surface area contributed by atoms with Gasteiger partial charge in [0.15, 0.2) is 0 Å². The van der Waals surface area contributed by atoms with Crippen LogP contribution < -0.4 is 10.2 Å². The Morgan fingerprint density at radius 3 is 2.35 bits per heavy atom. The first-order chi connectivity index (χ1) is 12.6. The van der Waals surface area contributed by atoms with Crippen LogP contribution in [0.2, 0.25) is 0 Å². The van der Waals surface area contributed by atoms with Crippen LogP contribution in [0.15, 0.2) is 72.9 Å². The summed E-state index contributed by atoms with van der Waals surface area (Å²) in [7, 11) is 4.04. The average molecular weight is 343 g/mol. The van der Waals surface area contributed by atoms with Crippen molar-refractivity contribution in [2.75, 3.05) is 24.3 Å². The fourth-order valence-corrected chi connectivity index (χ4v) is 2.51. The number of carbonyl (C=O) groups excluding carboxylic acids is 1. The summed E-state index contributed by atoms with van der Waals surface area (Å²) >= 11 is 0. The van der Waals surface area contributed by atoms with Gasteiger partial charge in [0.25, 0.3) is 5.91 Å². The van der Waals surface area contributed by atoms with Crippen LogP contribution in [0.4, 0.5) is 11.4 Å². The van der Waals surface area contributed by atoms with E-state index < -0.39 is 0 Å². The van der Waals surface area contributed by atoms with Gasteiger partial charge in [-0.1, -0.05) is 48.6 Å². The van der Waals surface area contributed by atoms with Gasteiger partial charge < -0.3 is 10.2 Å². The summed E-state index contributed by atoms with van der Waals surface area (Å²) < 4.78 is 0. The number of para-hydroxylation sites is 1. The fraction of sp³-hybridized carbons (Fsp3) is 0.0909. The van der Waals surface area contributed by atoms with E-state index >= 15 is 0 Å². The molecule has 0 atom stereocenters. The van der Waals surface area contributed by atoms with Crippen molar-refractivity contribution in [1.29, 1.82) is 0 Å². The van der Waals surface area contributed by atoms with E-state index in [4.69, 9.17) is 0 Å². The summed E-state index contributed by atoms with van der Waals surface area (Å²) in [5.41, 5.74) is 4.34. The van der Waals surface area contributed by atoms with Crippen molar-refractivity contribution in [2.45, 2.75) is 0 Å². The van der Waals surface area contributed by atoms with Crippen LogP contribution in [0, 0.1) is 0 Å². The van der Waals surface area contributed by atoms with E-state index in [2.05, 4.69) is 39.5 Å². The number of carbonyl (C=O) groups is 1. The zero-order valence-electron chi connectivity index (χ0n) is 14.9. The monoisotopic (exact) mass is 343 g/mol. The van der Waals surface area contributed by atoms with Crippen LogP contribution >= 0.6 is 0 Å². The normalized spacial score (nSPS) is 10.7. The first kappa shape index (κ1) is 17.4. The SMILES string of the molecule is CN(C)c1ccc(/C=C/c2ccccc2NC(=O)c2ccccn2)cc1. The van der Waals surface area contributed by atoms with Crippen LogP contribution in [0.3, 0.4) is 0 Å². The smallest absolute Gasteiger partial charge is 0.274 e. The molecule has 0 aliphatic heterocycles. The minimum Gasteiger partial charge on any atom is -0.378 e. The first-order valence-electron chi connectivity index (χ1n) is 8.40. The van der Waals surface area contributed by atoms with Gasteiger partial charge in [0.1, 0.15) is 5.69 Å². The molecular formula is C22H21N3O. The molecule has 26 heavy (non-hydrogen) atoms. The highest BCUT2D eigenvalue weighted by Gasteiger charge is 2.08. The number of benzene rings is 2. The number of amides is 1. The Kier molecular flexibility index (Phi) is 5.44. The van der Waals surface area contributed by atoms with Crippen molar-refractivity contribution in [3.8, 4) is 0 Å². The Morgan fingerprint density at radius 2 is 1.65 bits per heavy atom. The molecule has 0 saturated carbocycles. The van der Waals surface area contributed by atoms with E-state index in [1.165, 1.54) is 0 Å². The van der Waals surface area contributed by atoms with Crippen molar-refractivity contribution in [1.82, 2.24) is 4.98 Å². The average Bonchev–Trinajstić information content (AvgIpc) is 2.68. The molecule has 0 unspecified atom stereocenters. The van der Waals surface area contributed by atoms with Crippen LogP contribution in [-0.4, -0.2) is 25.0 Å². The summed E-state index contributed by atoms with van der Waals surface area (Å²) in [5.74, 6) is -0.221. The topological polar surface area (TPSA) is 45.2 Å². The summed E-state index contributed by atoms with van der Waals surface area (Å²) in [5, 5.41) is 2.93. The van der Waals surface area contributed by atoms with Gasteiger partial charge >= 0.3 is 0 Å². The number of anilines is 2. The maximum absolute atomic E-state index is 12.3. The minimum absolute atomic E-state index is 0.221. The Labute approximate surface area is 153 Å². The number of hydrogen-bond acceptors (Lipinski definition) is 3. The van der Waals surface area contributed by atoms with Gasteiger partial charge in [0.05, 0.1) is 0 Å². The summed E-state index contributed by atoms with van der Waals surface area (Å²) in [4.78, 5) is 18.5. The number of nitrogens with zero attached hydrogens (tertiary/aromatic N) is 2. The molecule has 0 aliphatic rings. The van der Waals surface area contributed by atoms with E-state index in [0.29, 0.717) is 5.69 Å². The molecule has 0 fully saturated rings. The molecule has 0 radical (unpaired) electrons. The third-order valence-electron chi connectivity index (χ3n) is 3.97. The van der Waals surface area contributed by atoms with Gasteiger partial charge in [-0.2, -0.15) is 0 Å². The van der Waals surface area contributed by atoms with Gasteiger partial charge in [-0.15, -0.1) is 0 Å². The molecular weight excluding hydrogens is 322 g/mol. The molecule has 0 aliphatic carbocycles. The second kappa shape index (κ2) is 8.12. The van der Waals surface area contributed by atoms with Gasteiger partial charge in [0.2, 0.25) is 0 Å². The van der Waals surface area contributed by atoms with Crippen LogP contribution in [-0.2, 0) is 0 Å². The highest BCUT2D eigenvalue weighted by atomic mass is 16.1. The highest BCUT2D eigenvalue weighted by molar-refractivity contribution is 6.04. The third-order valence-corrected chi connectivity index (χ3v) is 3.97. The molecule has 1 aromatic heterocycles. The molecule has 1 heterocycles. The van der Waals surface area contributed by atoms with Gasteiger partial charge in [-0.25, -0.2) is 0 Å². The highest BCUT2D eigenvalue weighted by Crippen LogP contribution is 2.20. The second-order valence-corrected chi connectivity index (χ2v) is 6.08. The van der Waals surface area contributed by atoms with Crippen LogP contribution in [0.1, 0.15) is 21.6 Å². The number of hydrogen-bond donors (Lipinski definition) is 1. The summed E-state index contributed by atoms with van der Waals surface area (Å²) in [6, 6.07) is 21.3. The zero-order valence-corrected chi connectivity index (χ0v) is 14.9. The molecule has 1 amide bonds. The maximum atomic E-state index is 12.3. The predicted molar refractivity (Wildman–Crippen MR) is 108 cm³/mol. The molecule has 0 saturated heterocycles. The quantitative estimate of drug-likeness (QED) is 0.690. The largest absolute Gasteiger partial charge is 0.378 e. The van der Waals surface area contributed by atoms with Crippen LogP contribution in [0.5, 0.6) is 0 Å². The molecule has 3 aromatic rings. The molecule has 1 N–H and O–H groups in total. The van der Waals surface area contributed by atoms with E-state index in [9.17, 15) is 4.79 Å². The van der Waals surface area contributed by atoms with Gasteiger partial charge in [-0.05, 0) is 41.5 Å². The Morgan fingerprint density at radius 1 is 0.923 bits per heavy atom. The van der Waals surface area contributed by atoms with Crippen molar-refractivity contribution in [2.24, 2.45) is 0 Å². The van der Waals surface area contributed by atoms with Crippen molar-refractivity contribution in [3.05, 3.63) is 89.7 Å². The Balaban J connectivity index is 1.77. The summed E-state index contributed by atoms with van der Waals surface area (Å²) in [6.07, 6.45) is 5.64. The second-order valence-electron chi connectivity index (χ2n) is 6.08. The maximum Gasteiger partial charge on any atom is 0.274 e. The molecule has 130 valence electrons. The summed E-state index contributed by atoms with van der Waals surface area (Å²) in [6.45, 7) is 0. The molecule has 4 heteroatoms. The van der Waals surface area contributed by atoms with E-state index in [0.717, 1.165) is 22.5 Å². The Hall–Kier alpha value is -3.40. The molecule has 4 nitrogen and oxygen atoms in total. The van der Waals surface area contributed by atoms with Gasteiger partial charge in [-0.3, -0.25) is 9.78 Å². The Bertz CT molecular complexity index is 900.